The second-order valence-electron chi connectivity index (χ2n) is 4.19. The van der Waals surface area contributed by atoms with Crippen molar-refractivity contribution in [2.45, 2.75) is 58.9 Å². The molecule has 1 aromatic heterocycles. The first kappa shape index (κ1) is 14.2. The monoisotopic (exact) mass is 213 g/mol. The molecule has 0 aliphatic carbocycles. The molecule has 0 unspecified atom stereocenters. The minimum atomic E-state index is 0. The molecule has 1 nitrogen and oxygen atoms in total. The molecular weight excluding hydrogens is 189 g/mol. The van der Waals surface area contributed by atoms with Gasteiger partial charge < -0.3 is 4.57 Å². The number of nitrogens with zero attached hydrogens (tertiary/aromatic N) is 1. The van der Waals surface area contributed by atoms with Gasteiger partial charge >= 0.3 is 0 Å². The molecule has 0 aromatic carbocycles. The molecule has 88 valence electrons. The maximum absolute atomic E-state index is 2.30. The second kappa shape index (κ2) is 8.51. The van der Waals surface area contributed by atoms with Crippen LogP contribution in [0.15, 0.2) is 18.5 Å². The predicted octanol–water partition coefficient (Wildman–Crippen LogP) is 4.31. The van der Waals surface area contributed by atoms with E-state index in [2.05, 4.69) is 36.9 Å². The minimum absolute atomic E-state index is 0. The molecule has 0 radical (unpaired) electrons. The number of aryl methyl sites for hydroxylation is 2. The Kier molecular flexibility index (Phi) is 8.06. The molecule has 0 aliphatic rings. The van der Waals surface area contributed by atoms with Crippen LogP contribution in [0.25, 0.3) is 0 Å². The number of unbranched alkanes of at least 4 members (excludes halogenated alkanes) is 5. The van der Waals surface area contributed by atoms with Crippen LogP contribution in [0.4, 0.5) is 4.70 Å². The van der Waals surface area contributed by atoms with Crippen LogP contribution in [0.5, 0.6) is 0 Å². The van der Waals surface area contributed by atoms with Crippen LogP contribution in [0.3, 0.4) is 0 Å². The Morgan fingerprint density at radius 3 is 2.33 bits per heavy atom. The quantitative estimate of drug-likeness (QED) is 0.595. The van der Waals surface area contributed by atoms with Gasteiger partial charge in [0.1, 0.15) is 0 Å². The summed E-state index contributed by atoms with van der Waals surface area (Å²) in [6, 6.07) is 2.18. The van der Waals surface area contributed by atoms with Gasteiger partial charge in [-0.2, -0.15) is 0 Å². The van der Waals surface area contributed by atoms with E-state index in [1.54, 1.807) is 0 Å². The van der Waals surface area contributed by atoms with Crippen molar-refractivity contribution in [3.63, 3.8) is 0 Å². The zero-order valence-corrected chi connectivity index (χ0v) is 10.0. The molecule has 1 heterocycles. The van der Waals surface area contributed by atoms with Gasteiger partial charge in [-0.15, -0.1) is 0 Å². The molecule has 1 aromatic rings. The summed E-state index contributed by atoms with van der Waals surface area (Å²) < 4.78 is 2.30. The van der Waals surface area contributed by atoms with Gasteiger partial charge in [-0.3, -0.25) is 4.70 Å². The molecule has 0 N–H and O–H groups in total. The molecule has 0 aliphatic heterocycles. The summed E-state index contributed by atoms with van der Waals surface area (Å²) >= 11 is 0. The lowest BCUT2D eigenvalue weighted by molar-refractivity contribution is 0.559. The van der Waals surface area contributed by atoms with Gasteiger partial charge in [0.25, 0.3) is 0 Å². The fourth-order valence-corrected chi connectivity index (χ4v) is 1.77. The Hall–Kier alpha value is -0.790. The third-order valence-corrected chi connectivity index (χ3v) is 2.67. The lowest BCUT2D eigenvalue weighted by atomic mass is 10.1. The van der Waals surface area contributed by atoms with E-state index in [0.717, 1.165) is 0 Å². The van der Waals surface area contributed by atoms with Gasteiger partial charge in [0.05, 0.1) is 0 Å². The summed E-state index contributed by atoms with van der Waals surface area (Å²) in [5.41, 5.74) is 1.37. The molecule has 0 atom stereocenters. The molecule has 0 amide bonds. The van der Waals surface area contributed by atoms with Gasteiger partial charge in [0.2, 0.25) is 0 Å². The molecule has 0 saturated heterocycles. The van der Waals surface area contributed by atoms with E-state index in [4.69, 9.17) is 0 Å². The standard InChI is InChI=1S/C13H23N.FH/c1-3-4-5-6-7-8-10-14-11-9-13(2)12-14;/h9,11-12H,3-8,10H2,1-2H3;1H. The largest absolute Gasteiger partial charge is 0.354 e. The van der Waals surface area contributed by atoms with Crippen LogP contribution in [0.2, 0.25) is 0 Å². The number of rotatable bonds is 7. The number of hydrogen-bond donors (Lipinski definition) is 0. The molecule has 0 saturated carbocycles. The Morgan fingerprint density at radius 1 is 1.07 bits per heavy atom. The number of aromatic nitrogens is 1. The van der Waals surface area contributed by atoms with Crippen molar-refractivity contribution in [2.24, 2.45) is 0 Å². The maximum Gasteiger partial charge on any atom is 0.0219 e. The number of halogens is 1. The molecule has 0 bridgehead atoms. The van der Waals surface area contributed by atoms with Gasteiger partial charge in [-0.25, -0.2) is 0 Å². The smallest absolute Gasteiger partial charge is 0.0219 e. The first-order valence-corrected chi connectivity index (χ1v) is 5.95. The Balaban J connectivity index is 0.00000196. The molecular formula is C13H24FN. The van der Waals surface area contributed by atoms with Crippen molar-refractivity contribution >= 4 is 0 Å². The summed E-state index contributed by atoms with van der Waals surface area (Å²) in [7, 11) is 0. The van der Waals surface area contributed by atoms with Crippen molar-refractivity contribution < 1.29 is 4.70 Å². The van der Waals surface area contributed by atoms with Crippen LogP contribution in [0.1, 0.15) is 51.0 Å². The van der Waals surface area contributed by atoms with Crippen molar-refractivity contribution in [1.29, 1.82) is 0 Å². The zero-order valence-electron chi connectivity index (χ0n) is 10.0. The Morgan fingerprint density at radius 2 is 1.73 bits per heavy atom. The summed E-state index contributed by atoms with van der Waals surface area (Å²) in [6.07, 6.45) is 12.7. The van der Waals surface area contributed by atoms with Crippen LogP contribution >= 0.6 is 0 Å². The maximum atomic E-state index is 2.30. The first-order chi connectivity index (χ1) is 6.83. The van der Waals surface area contributed by atoms with Crippen molar-refractivity contribution in [1.82, 2.24) is 4.57 Å². The third-order valence-electron chi connectivity index (χ3n) is 2.67. The van der Waals surface area contributed by atoms with E-state index in [0.29, 0.717) is 0 Å². The van der Waals surface area contributed by atoms with Crippen molar-refractivity contribution in [2.75, 3.05) is 0 Å². The van der Waals surface area contributed by atoms with Crippen LogP contribution in [-0.2, 0) is 6.54 Å². The van der Waals surface area contributed by atoms with E-state index < -0.39 is 0 Å². The van der Waals surface area contributed by atoms with E-state index in [-0.39, 0.29) is 4.70 Å². The van der Waals surface area contributed by atoms with Gasteiger partial charge in [0.15, 0.2) is 0 Å². The summed E-state index contributed by atoms with van der Waals surface area (Å²) in [6.45, 7) is 5.61. The van der Waals surface area contributed by atoms with Crippen LogP contribution in [0, 0.1) is 6.92 Å². The van der Waals surface area contributed by atoms with Crippen molar-refractivity contribution in [3.05, 3.63) is 24.0 Å². The van der Waals surface area contributed by atoms with Gasteiger partial charge in [0, 0.05) is 18.9 Å². The average molecular weight is 213 g/mol. The van der Waals surface area contributed by atoms with Crippen LogP contribution < -0.4 is 0 Å². The van der Waals surface area contributed by atoms with E-state index in [1.807, 2.05) is 0 Å². The van der Waals surface area contributed by atoms with E-state index >= 15 is 0 Å². The predicted molar refractivity (Wildman–Crippen MR) is 65.0 cm³/mol. The lowest BCUT2D eigenvalue weighted by Gasteiger charge is -2.02. The SMILES string of the molecule is CCCCCCCCn1ccc(C)c1.F. The summed E-state index contributed by atoms with van der Waals surface area (Å²) in [5.74, 6) is 0. The number of hydrogen-bond acceptors (Lipinski definition) is 0. The molecule has 1 rings (SSSR count). The topological polar surface area (TPSA) is 4.93 Å². The normalized spacial score (nSPS) is 10.0. The summed E-state index contributed by atoms with van der Waals surface area (Å²) in [5, 5.41) is 0. The highest BCUT2D eigenvalue weighted by Crippen LogP contribution is 2.07. The molecule has 0 fully saturated rings. The van der Waals surface area contributed by atoms with Crippen LogP contribution in [-0.4, -0.2) is 4.57 Å². The highest BCUT2D eigenvalue weighted by Gasteiger charge is 1.93. The van der Waals surface area contributed by atoms with E-state index in [1.165, 1.54) is 50.6 Å². The third kappa shape index (κ3) is 6.32. The van der Waals surface area contributed by atoms with Gasteiger partial charge in [-0.05, 0) is 25.0 Å². The molecule has 15 heavy (non-hydrogen) atoms. The first-order valence-electron chi connectivity index (χ1n) is 5.95. The summed E-state index contributed by atoms with van der Waals surface area (Å²) in [4.78, 5) is 0. The minimum Gasteiger partial charge on any atom is -0.354 e. The van der Waals surface area contributed by atoms with Gasteiger partial charge in [-0.1, -0.05) is 39.0 Å². The molecule has 0 spiro atoms. The molecule has 2 heteroatoms. The fourth-order valence-electron chi connectivity index (χ4n) is 1.77. The van der Waals surface area contributed by atoms with Crippen molar-refractivity contribution in [3.8, 4) is 0 Å². The Bertz CT molecular complexity index is 242. The highest BCUT2D eigenvalue weighted by atomic mass is 19.0. The zero-order chi connectivity index (χ0) is 10.2. The van der Waals surface area contributed by atoms with E-state index in [9.17, 15) is 0 Å². The fraction of sp³-hybridized carbons (Fsp3) is 0.692. The highest BCUT2D eigenvalue weighted by molar-refractivity contribution is 5.06. The second-order valence-corrected chi connectivity index (χ2v) is 4.19. The average Bonchev–Trinajstić information content (AvgIpc) is 2.58. The lowest BCUT2D eigenvalue weighted by Crippen LogP contribution is -1.93. The Labute approximate surface area is 92.9 Å².